The Bertz CT molecular complexity index is 1390. The number of hydrogen-bond donors (Lipinski definition) is 2. The summed E-state index contributed by atoms with van der Waals surface area (Å²) in [4.78, 5) is 19.5. The molecule has 216 valence electrons. The van der Waals surface area contributed by atoms with Gasteiger partial charge in [-0.3, -0.25) is 0 Å². The summed E-state index contributed by atoms with van der Waals surface area (Å²) in [5.41, 5.74) is 7.01. The van der Waals surface area contributed by atoms with Gasteiger partial charge in [-0.2, -0.15) is 0 Å². The molecule has 2 aliphatic rings. The van der Waals surface area contributed by atoms with Crippen LogP contribution in [0.3, 0.4) is 0 Å². The molecule has 2 aromatic heterocycles. The number of nitrogens with zero attached hydrogens (tertiary/aromatic N) is 6. The Balaban J connectivity index is 1.02. The molecule has 0 atom stereocenters. The molecule has 0 radical (unpaired) electrons. The van der Waals surface area contributed by atoms with Crippen LogP contribution in [0, 0.1) is 13.8 Å². The van der Waals surface area contributed by atoms with Crippen LogP contribution in [0.2, 0.25) is 0 Å². The molecule has 2 aliphatic heterocycles. The lowest BCUT2D eigenvalue weighted by molar-refractivity contribution is 0.312. The van der Waals surface area contributed by atoms with E-state index in [0.29, 0.717) is 0 Å². The minimum absolute atomic E-state index is 0.910. The molecule has 0 unspecified atom stereocenters. The van der Waals surface area contributed by atoms with Gasteiger partial charge in [-0.05, 0) is 94.0 Å². The molecule has 0 amide bonds. The SMILES string of the molecule is Cc1cc(N2CCN(C)CC2)nc2ccc(NCCCNc3ccc4nc(N5CCN(C)CC5)cc(C)c4c3)cc12. The fourth-order valence-electron chi connectivity index (χ4n) is 5.92. The molecule has 4 heterocycles. The standard InChI is InChI=1S/C33H44N8/c1-24-20-32(40-16-12-38(3)13-17-40)36-30-8-6-26(22-28(24)30)34-10-5-11-35-27-7-9-31-29(23-27)25(2)21-33(37-31)41-18-14-39(4)15-19-41/h6-9,20-23,34-35H,5,10-19H2,1-4H3. The maximum atomic E-state index is 4.99. The molecule has 4 aromatic rings. The molecule has 2 aromatic carbocycles. The monoisotopic (exact) mass is 552 g/mol. The molecule has 0 bridgehead atoms. The Kier molecular flexibility index (Phi) is 8.12. The van der Waals surface area contributed by atoms with Gasteiger partial charge in [-0.25, -0.2) is 9.97 Å². The first kappa shape index (κ1) is 27.5. The Morgan fingerprint density at radius 2 is 1.00 bits per heavy atom. The first-order valence-corrected chi connectivity index (χ1v) is 15.1. The number of pyridine rings is 2. The van der Waals surface area contributed by atoms with E-state index in [2.05, 4.69) is 107 Å². The van der Waals surface area contributed by atoms with Crippen LogP contribution in [0.5, 0.6) is 0 Å². The van der Waals surface area contributed by atoms with Crippen molar-refractivity contribution in [3.63, 3.8) is 0 Å². The lowest BCUT2D eigenvalue weighted by Gasteiger charge is -2.33. The Hall–Kier alpha value is -3.62. The number of benzene rings is 2. The van der Waals surface area contributed by atoms with Gasteiger partial charge < -0.3 is 30.2 Å². The predicted octanol–water partition coefficient (Wildman–Crippen LogP) is 4.82. The van der Waals surface area contributed by atoms with E-state index in [0.717, 1.165) is 106 Å². The van der Waals surface area contributed by atoms with Crippen molar-refractivity contribution in [1.29, 1.82) is 0 Å². The number of fused-ring (bicyclic) bond motifs is 2. The van der Waals surface area contributed by atoms with Gasteiger partial charge in [0, 0.05) is 87.6 Å². The zero-order valence-corrected chi connectivity index (χ0v) is 25.1. The van der Waals surface area contributed by atoms with Crippen LogP contribution in [0.25, 0.3) is 21.8 Å². The second-order valence-electron chi connectivity index (χ2n) is 11.8. The van der Waals surface area contributed by atoms with E-state index in [-0.39, 0.29) is 0 Å². The van der Waals surface area contributed by atoms with Gasteiger partial charge in [0.05, 0.1) is 11.0 Å². The number of nitrogens with one attached hydrogen (secondary N) is 2. The van der Waals surface area contributed by atoms with E-state index in [4.69, 9.17) is 9.97 Å². The van der Waals surface area contributed by atoms with Crippen LogP contribution >= 0.6 is 0 Å². The zero-order valence-electron chi connectivity index (χ0n) is 25.1. The number of piperazine rings is 2. The molecule has 2 N–H and O–H groups in total. The van der Waals surface area contributed by atoms with Crippen LogP contribution in [0.15, 0.2) is 48.5 Å². The maximum absolute atomic E-state index is 4.99. The fraction of sp³-hybridized carbons (Fsp3) is 0.455. The number of rotatable bonds is 8. The molecule has 2 saturated heterocycles. The van der Waals surface area contributed by atoms with E-state index in [9.17, 15) is 0 Å². The van der Waals surface area contributed by atoms with Crippen molar-refractivity contribution in [2.45, 2.75) is 20.3 Å². The van der Waals surface area contributed by atoms with E-state index in [1.54, 1.807) is 0 Å². The largest absolute Gasteiger partial charge is 0.385 e. The van der Waals surface area contributed by atoms with Crippen molar-refractivity contribution < 1.29 is 0 Å². The van der Waals surface area contributed by atoms with Gasteiger partial charge in [0.1, 0.15) is 11.6 Å². The Morgan fingerprint density at radius 1 is 0.585 bits per heavy atom. The van der Waals surface area contributed by atoms with Gasteiger partial charge in [0.2, 0.25) is 0 Å². The highest BCUT2D eigenvalue weighted by molar-refractivity contribution is 5.88. The second kappa shape index (κ2) is 12.1. The van der Waals surface area contributed by atoms with E-state index in [1.165, 1.54) is 21.9 Å². The third kappa shape index (κ3) is 6.34. The predicted molar refractivity (Wildman–Crippen MR) is 174 cm³/mol. The number of aryl methyl sites for hydroxylation is 2. The molecule has 0 aliphatic carbocycles. The highest BCUT2D eigenvalue weighted by Gasteiger charge is 2.18. The maximum Gasteiger partial charge on any atom is 0.129 e. The normalized spacial score (nSPS) is 17.0. The summed E-state index contributed by atoms with van der Waals surface area (Å²) in [6.45, 7) is 14.7. The summed E-state index contributed by atoms with van der Waals surface area (Å²) in [6.07, 6.45) is 1.02. The third-order valence-electron chi connectivity index (χ3n) is 8.67. The van der Waals surface area contributed by atoms with Gasteiger partial charge in [-0.15, -0.1) is 0 Å². The van der Waals surface area contributed by atoms with Gasteiger partial charge in [0.25, 0.3) is 0 Å². The zero-order chi connectivity index (χ0) is 28.3. The fourth-order valence-corrected chi connectivity index (χ4v) is 5.92. The molecule has 2 fully saturated rings. The van der Waals surface area contributed by atoms with Crippen LogP contribution in [0.4, 0.5) is 23.0 Å². The molecular formula is C33H44N8. The number of anilines is 4. The van der Waals surface area contributed by atoms with Crippen LogP contribution in [-0.2, 0) is 0 Å². The van der Waals surface area contributed by atoms with Crippen LogP contribution in [0.1, 0.15) is 17.5 Å². The molecule has 41 heavy (non-hydrogen) atoms. The van der Waals surface area contributed by atoms with Gasteiger partial charge in [-0.1, -0.05) is 0 Å². The highest BCUT2D eigenvalue weighted by Crippen LogP contribution is 2.27. The molecular weight excluding hydrogens is 508 g/mol. The first-order valence-electron chi connectivity index (χ1n) is 15.1. The topological polar surface area (TPSA) is 62.8 Å². The van der Waals surface area contributed by atoms with Crippen molar-refractivity contribution in [3.05, 3.63) is 59.7 Å². The summed E-state index contributed by atoms with van der Waals surface area (Å²) >= 11 is 0. The summed E-state index contributed by atoms with van der Waals surface area (Å²) in [5, 5.41) is 9.67. The average Bonchev–Trinajstić information content (AvgIpc) is 2.98. The average molecular weight is 553 g/mol. The summed E-state index contributed by atoms with van der Waals surface area (Å²) in [7, 11) is 4.38. The van der Waals surface area contributed by atoms with E-state index in [1.807, 2.05) is 0 Å². The lowest BCUT2D eigenvalue weighted by Crippen LogP contribution is -2.44. The van der Waals surface area contributed by atoms with Gasteiger partial charge >= 0.3 is 0 Å². The lowest BCUT2D eigenvalue weighted by atomic mass is 10.1. The smallest absolute Gasteiger partial charge is 0.129 e. The molecule has 8 nitrogen and oxygen atoms in total. The minimum Gasteiger partial charge on any atom is -0.385 e. The van der Waals surface area contributed by atoms with Crippen molar-refractivity contribution in [2.24, 2.45) is 0 Å². The van der Waals surface area contributed by atoms with Crippen molar-refractivity contribution in [1.82, 2.24) is 19.8 Å². The summed E-state index contributed by atoms with van der Waals surface area (Å²) in [6, 6.07) is 17.6. The van der Waals surface area contributed by atoms with Crippen LogP contribution in [-0.4, -0.2) is 99.3 Å². The quantitative estimate of drug-likeness (QED) is 0.302. The van der Waals surface area contributed by atoms with Crippen LogP contribution < -0.4 is 20.4 Å². The minimum atomic E-state index is 0.910. The summed E-state index contributed by atoms with van der Waals surface area (Å²) < 4.78 is 0. The second-order valence-corrected chi connectivity index (χ2v) is 11.8. The number of aromatic nitrogens is 2. The van der Waals surface area contributed by atoms with E-state index < -0.39 is 0 Å². The van der Waals surface area contributed by atoms with Crippen molar-refractivity contribution in [2.75, 3.05) is 100.0 Å². The molecule has 0 saturated carbocycles. The Labute approximate surface area is 244 Å². The first-order chi connectivity index (χ1) is 19.9. The number of likely N-dealkylation sites (N-methyl/N-ethyl adjacent to an activating group) is 2. The molecule has 0 spiro atoms. The van der Waals surface area contributed by atoms with E-state index >= 15 is 0 Å². The molecule has 6 rings (SSSR count). The number of hydrogen-bond acceptors (Lipinski definition) is 8. The Morgan fingerprint density at radius 3 is 1.41 bits per heavy atom. The molecule has 8 heteroatoms. The summed E-state index contributed by atoms with van der Waals surface area (Å²) in [5.74, 6) is 2.20. The van der Waals surface area contributed by atoms with Crippen molar-refractivity contribution in [3.8, 4) is 0 Å². The van der Waals surface area contributed by atoms with Gasteiger partial charge in [0.15, 0.2) is 0 Å². The van der Waals surface area contributed by atoms with Crippen molar-refractivity contribution >= 4 is 44.8 Å². The third-order valence-corrected chi connectivity index (χ3v) is 8.67. The highest BCUT2D eigenvalue weighted by atomic mass is 15.3.